The number of carbonyl (C=O) groups is 6. The molecule has 1 aromatic heterocycles. The van der Waals surface area contributed by atoms with Crippen molar-refractivity contribution in [3.05, 3.63) is 77.6 Å². The number of aryl methyl sites for hydroxylation is 1. The summed E-state index contributed by atoms with van der Waals surface area (Å²) >= 11 is 0. The van der Waals surface area contributed by atoms with Crippen LogP contribution in [0.25, 0.3) is 0 Å². The van der Waals surface area contributed by atoms with E-state index in [-0.39, 0.29) is 48.8 Å². The van der Waals surface area contributed by atoms with Gasteiger partial charge < -0.3 is 36.0 Å². The monoisotopic (exact) mass is 956 g/mol. The number of aliphatic hydroxyl groups excluding tert-OH is 1. The molecule has 378 valence electrons. The van der Waals surface area contributed by atoms with Crippen LogP contribution in [0.3, 0.4) is 0 Å². The Hall–Kier alpha value is -5.71. The third-order valence-electron chi connectivity index (χ3n) is 13.4. The average molecular weight is 956 g/mol. The number of nitrogens with one attached hydrogen (secondary N) is 4. The lowest BCUT2D eigenvalue weighted by molar-refractivity contribution is -0.159. The van der Waals surface area contributed by atoms with Gasteiger partial charge in [-0.25, -0.2) is 9.48 Å². The molecule has 2 aliphatic rings. The van der Waals surface area contributed by atoms with Gasteiger partial charge in [0.1, 0.15) is 29.8 Å². The molecule has 1 saturated carbocycles. The highest BCUT2D eigenvalue weighted by Gasteiger charge is 2.51. The third-order valence-corrected chi connectivity index (χ3v) is 13.4. The number of unbranched alkanes of at least 4 members (excludes halogenated alkanes) is 1. The maximum absolute atomic E-state index is 14.7. The minimum atomic E-state index is -1.72. The zero-order valence-electron chi connectivity index (χ0n) is 42.4. The van der Waals surface area contributed by atoms with Crippen LogP contribution in [0.2, 0.25) is 0 Å². The van der Waals surface area contributed by atoms with Gasteiger partial charge in [-0.3, -0.25) is 24.0 Å². The van der Waals surface area contributed by atoms with Gasteiger partial charge in [-0.1, -0.05) is 108 Å². The summed E-state index contributed by atoms with van der Waals surface area (Å²) in [6, 6.07) is 14.2. The molecule has 5 N–H and O–H groups in total. The Morgan fingerprint density at radius 2 is 1.46 bits per heavy atom. The SMILES string of the molecule is CCCC(NC(=O)C1[C@H]2CCCC2CN1C(=O)[C@@H](NC(=O)[C@@H](NC(=O)CCCCc1nnnn1C(C)(C)c1ccccc1)C(C)C)C(C)C)C(O)C(=O)N[C@H](Cc1ccccc1)C(=O)OC(C)(C)C. The van der Waals surface area contributed by atoms with E-state index in [1.807, 2.05) is 100.0 Å². The number of ether oxygens (including phenoxy) is 1. The second-order valence-corrected chi connectivity index (χ2v) is 21.1. The molecule has 1 aliphatic carbocycles. The van der Waals surface area contributed by atoms with Gasteiger partial charge in [0, 0.05) is 25.8 Å². The fourth-order valence-electron chi connectivity index (χ4n) is 9.66. The van der Waals surface area contributed by atoms with Crippen LogP contribution in [0.5, 0.6) is 0 Å². The highest BCUT2D eigenvalue weighted by Crippen LogP contribution is 2.43. The Balaban J connectivity index is 1.22. The highest BCUT2D eigenvalue weighted by atomic mass is 16.6. The molecule has 0 spiro atoms. The Bertz CT molecular complexity index is 2190. The summed E-state index contributed by atoms with van der Waals surface area (Å²) in [5.74, 6) is -3.25. The molecule has 69 heavy (non-hydrogen) atoms. The normalized spacial score (nSPS) is 19.3. The molecule has 1 saturated heterocycles. The first-order valence-electron chi connectivity index (χ1n) is 24.9. The minimum Gasteiger partial charge on any atom is -0.458 e. The molecule has 5 amide bonds. The van der Waals surface area contributed by atoms with E-state index in [1.165, 1.54) is 0 Å². The van der Waals surface area contributed by atoms with E-state index in [0.29, 0.717) is 44.5 Å². The fraction of sp³-hybridized carbons (Fsp3) is 0.635. The number of hydrogen-bond acceptors (Lipinski definition) is 11. The number of fused-ring (bicyclic) bond motifs is 1. The molecule has 0 bridgehead atoms. The summed E-state index contributed by atoms with van der Waals surface area (Å²) in [4.78, 5) is 85.2. The van der Waals surface area contributed by atoms with Crippen molar-refractivity contribution in [3.8, 4) is 0 Å². The van der Waals surface area contributed by atoms with E-state index < -0.39 is 77.1 Å². The van der Waals surface area contributed by atoms with Crippen molar-refractivity contribution < 1.29 is 38.6 Å². The number of tetrazole rings is 1. The van der Waals surface area contributed by atoms with Crippen molar-refractivity contribution in [2.24, 2.45) is 23.7 Å². The largest absolute Gasteiger partial charge is 0.458 e. The van der Waals surface area contributed by atoms with E-state index in [0.717, 1.165) is 24.0 Å². The van der Waals surface area contributed by atoms with Crippen LogP contribution >= 0.6 is 0 Å². The standard InChI is InChI=1S/C52H77N9O8/c1-11-21-38(45(63)48(66)54-39(50(68)69-51(6,7)8)30-34-22-14-12-15-23-34)53-47(65)44-37-27-20-24-35(37)31-60(44)49(67)43(33(4)5)56-46(64)42(32(2)3)55-41(62)29-19-18-28-40-57-58-59-61(40)52(9,10)36-25-16-13-17-26-36/h12-17,22-23,25-26,32-33,35,37-39,42-45,63H,11,18-21,24,27-31H2,1-10H3,(H,53,65)(H,54,66)(H,55,62)(H,56,64)/t35?,37-,38?,39+,42-,43-,44?,45?/m0/s1. The molecule has 2 heterocycles. The maximum Gasteiger partial charge on any atom is 0.329 e. The second kappa shape index (κ2) is 24.2. The first-order valence-corrected chi connectivity index (χ1v) is 24.9. The van der Waals surface area contributed by atoms with Crippen LogP contribution < -0.4 is 21.3 Å². The van der Waals surface area contributed by atoms with Crippen molar-refractivity contribution in [2.45, 2.75) is 181 Å². The number of amides is 5. The quantitative estimate of drug-likeness (QED) is 0.0642. The summed E-state index contributed by atoms with van der Waals surface area (Å²) < 4.78 is 7.44. The smallest absolute Gasteiger partial charge is 0.329 e. The van der Waals surface area contributed by atoms with Gasteiger partial charge in [0.15, 0.2) is 11.9 Å². The number of nitrogens with zero attached hydrogens (tertiary/aromatic N) is 5. The summed E-state index contributed by atoms with van der Waals surface area (Å²) in [6.45, 7) is 18.8. The summed E-state index contributed by atoms with van der Waals surface area (Å²) in [5.41, 5.74) is 0.536. The molecule has 8 atom stereocenters. The van der Waals surface area contributed by atoms with Crippen LogP contribution in [0.1, 0.15) is 138 Å². The average Bonchev–Trinajstić information content (AvgIpc) is 4.05. The molecule has 17 heteroatoms. The van der Waals surface area contributed by atoms with Crippen LogP contribution in [0.15, 0.2) is 60.7 Å². The number of carbonyl (C=O) groups excluding carboxylic acids is 6. The van der Waals surface area contributed by atoms with E-state index >= 15 is 0 Å². The lowest BCUT2D eigenvalue weighted by atomic mass is 9.92. The molecule has 17 nitrogen and oxygen atoms in total. The number of hydrogen-bond donors (Lipinski definition) is 5. The van der Waals surface area contributed by atoms with Gasteiger partial charge >= 0.3 is 5.97 Å². The third kappa shape index (κ3) is 14.4. The Morgan fingerprint density at radius 3 is 2.09 bits per heavy atom. The van der Waals surface area contributed by atoms with Gasteiger partial charge in [-0.2, -0.15) is 0 Å². The lowest BCUT2D eigenvalue weighted by Gasteiger charge is -2.34. The maximum atomic E-state index is 14.7. The van der Waals surface area contributed by atoms with Gasteiger partial charge in [0.25, 0.3) is 5.91 Å². The number of aliphatic hydroxyl groups is 1. The zero-order chi connectivity index (χ0) is 50.6. The van der Waals surface area contributed by atoms with Crippen molar-refractivity contribution in [2.75, 3.05) is 6.54 Å². The van der Waals surface area contributed by atoms with Crippen LogP contribution in [-0.2, 0) is 51.9 Å². The first kappa shape index (κ1) is 54.2. The summed E-state index contributed by atoms with van der Waals surface area (Å²) in [6.07, 6.45) is 3.50. The van der Waals surface area contributed by atoms with E-state index in [9.17, 15) is 33.9 Å². The molecule has 2 fully saturated rings. The van der Waals surface area contributed by atoms with Crippen molar-refractivity contribution in [3.63, 3.8) is 0 Å². The van der Waals surface area contributed by atoms with Crippen LogP contribution in [0, 0.1) is 23.7 Å². The van der Waals surface area contributed by atoms with E-state index in [2.05, 4.69) is 50.6 Å². The molecule has 1 aliphatic heterocycles. The van der Waals surface area contributed by atoms with Crippen molar-refractivity contribution in [1.82, 2.24) is 46.4 Å². The second-order valence-electron chi connectivity index (χ2n) is 21.1. The Labute approximate surface area is 408 Å². The van der Waals surface area contributed by atoms with Crippen molar-refractivity contribution in [1.29, 1.82) is 0 Å². The predicted octanol–water partition coefficient (Wildman–Crippen LogP) is 4.79. The van der Waals surface area contributed by atoms with Gasteiger partial charge in [0.05, 0.1) is 11.6 Å². The van der Waals surface area contributed by atoms with Gasteiger partial charge in [-0.05, 0) is 112 Å². The Kier molecular flexibility index (Phi) is 19.0. The minimum absolute atomic E-state index is 0.0595. The van der Waals surface area contributed by atoms with E-state index in [1.54, 1.807) is 25.7 Å². The molecular weight excluding hydrogens is 879 g/mol. The highest BCUT2D eigenvalue weighted by molar-refractivity contribution is 5.95. The van der Waals surface area contributed by atoms with Gasteiger partial charge in [0.2, 0.25) is 23.6 Å². The number of aromatic nitrogens is 4. The fourth-order valence-corrected chi connectivity index (χ4v) is 9.66. The molecular formula is C52H77N9O8. The topological polar surface area (TPSA) is 227 Å². The lowest BCUT2D eigenvalue weighted by Crippen LogP contribution is -2.61. The number of esters is 1. The summed E-state index contributed by atoms with van der Waals surface area (Å²) in [5, 5.41) is 35.5. The number of likely N-dealkylation sites (tertiary alicyclic amines) is 1. The molecule has 3 aromatic rings. The van der Waals surface area contributed by atoms with Gasteiger partial charge in [-0.15, -0.1) is 5.10 Å². The molecule has 4 unspecified atom stereocenters. The molecule has 5 rings (SSSR count). The van der Waals surface area contributed by atoms with E-state index in [4.69, 9.17) is 4.74 Å². The number of benzene rings is 2. The zero-order valence-corrected chi connectivity index (χ0v) is 42.4. The molecule has 0 radical (unpaired) electrons. The Morgan fingerprint density at radius 1 is 0.812 bits per heavy atom. The van der Waals surface area contributed by atoms with Crippen LogP contribution in [-0.4, -0.2) is 114 Å². The van der Waals surface area contributed by atoms with Crippen molar-refractivity contribution >= 4 is 35.5 Å². The van der Waals surface area contributed by atoms with Crippen LogP contribution in [0.4, 0.5) is 0 Å². The first-order chi connectivity index (χ1) is 32.6. The predicted molar refractivity (Wildman–Crippen MR) is 261 cm³/mol. The molecule has 2 aromatic carbocycles. The number of rotatable bonds is 23. The summed E-state index contributed by atoms with van der Waals surface area (Å²) in [7, 11) is 0.